The van der Waals surface area contributed by atoms with Crippen LogP contribution in [0.25, 0.3) is 0 Å². The van der Waals surface area contributed by atoms with Crippen molar-refractivity contribution in [3.05, 3.63) is 79.6 Å². The van der Waals surface area contributed by atoms with Crippen molar-refractivity contribution < 1.29 is 28.7 Å². The van der Waals surface area contributed by atoms with E-state index in [0.717, 1.165) is 23.3 Å². The Balaban J connectivity index is 1.35. The van der Waals surface area contributed by atoms with Crippen molar-refractivity contribution in [3.8, 4) is 5.75 Å². The van der Waals surface area contributed by atoms with Crippen LogP contribution in [-0.2, 0) is 27.2 Å². The van der Waals surface area contributed by atoms with Crippen LogP contribution < -0.4 is 15.5 Å². The lowest BCUT2D eigenvalue weighted by molar-refractivity contribution is -0.136. The normalized spacial score (nSPS) is 14.3. The zero-order valence-electron chi connectivity index (χ0n) is 21.6. The Bertz CT molecular complexity index is 1490. The second-order valence-corrected chi connectivity index (χ2v) is 11.0. The van der Waals surface area contributed by atoms with Gasteiger partial charge < -0.3 is 14.8 Å². The molecule has 0 aliphatic heterocycles. The number of benzene rings is 2. The first-order valence-electron chi connectivity index (χ1n) is 12.4. The summed E-state index contributed by atoms with van der Waals surface area (Å²) in [5, 5.41) is 7.23. The minimum atomic E-state index is -1.00. The number of carbonyl (C=O) groups is 4. The maximum atomic E-state index is 12.6. The van der Waals surface area contributed by atoms with Gasteiger partial charge in [-0.05, 0) is 85.7 Å². The van der Waals surface area contributed by atoms with Crippen molar-refractivity contribution in [3.63, 3.8) is 0 Å². The molecule has 2 N–H and O–H groups in total. The predicted molar refractivity (Wildman–Crippen MR) is 154 cm³/mol. The highest BCUT2D eigenvalue weighted by Gasteiger charge is 2.30. The van der Waals surface area contributed by atoms with Gasteiger partial charge in [-0.15, -0.1) is 11.3 Å². The number of esters is 2. The fourth-order valence-corrected chi connectivity index (χ4v) is 5.95. The number of fused-ring (bicyclic) bond motifs is 1. The molecule has 9 nitrogen and oxygen atoms in total. The molecular weight excluding hydrogens is 577 g/mol. The predicted octanol–water partition coefficient (Wildman–Crippen LogP) is 5.66. The number of amides is 2. The Morgan fingerprint density at radius 3 is 2.52 bits per heavy atom. The van der Waals surface area contributed by atoms with Crippen LogP contribution in [0.3, 0.4) is 0 Å². The quantitative estimate of drug-likeness (QED) is 0.118. The zero-order valence-corrected chi connectivity index (χ0v) is 23.9. The molecule has 1 aliphatic rings. The third-order valence-electron chi connectivity index (χ3n) is 6.05. The van der Waals surface area contributed by atoms with E-state index >= 15 is 0 Å². The Morgan fingerprint density at radius 2 is 1.82 bits per heavy atom. The number of nitrogens with one attached hydrogen (secondary N) is 2. The number of ether oxygens (including phenoxy) is 2. The molecule has 2 amide bonds. The summed E-state index contributed by atoms with van der Waals surface area (Å²) in [5.74, 6) is -2.40. The van der Waals surface area contributed by atoms with E-state index in [1.807, 2.05) is 0 Å². The third-order valence-corrected chi connectivity index (χ3v) is 7.76. The molecule has 3 aromatic rings. The lowest BCUT2D eigenvalue weighted by Crippen LogP contribution is -2.32. The van der Waals surface area contributed by atoms with Crippen molar-refractivity contribution >= 4 is 69.5 Å². The second-order valence-electron chi connectivity index (χ2n) is 9.01. The Hall–Kier alpha value is -3.73. The summed E-state index contributed by atoms with van der Waals surface area (Å²) in [4.78, 5) is 50.9. The lowest BCUT2D eigenvalue weighted by Gasteiger charge is -2.18. The molecule has 12 heteroatoms. The van der Waals surface area contributed by atoms with E-state index in [1.54, 1.807) is 19.1 Å². The summed E-state index contributed by atoms with van der Waals surface area (Å²) in [6.45, 7) is 4.04. The summed E-state index contributed by atoms with van der Waals surface area (Å²) in [7, 11) is 0. The fourth-order valence-electron chi connectivity index (χ4n) is 4.07. The molecule has 4 rings (SSSR count). The van der Waals surface area contributed by atoms with E-state index < -0.39 is 23.8 Å². The number of nitrogens with zero attached hydrogens (tertiary/aromatic N) is 1. The monoisotopic (exact) mass is 601 g/mol. The summed E-state index contributed by atoms with van der Waals surface area (Å²) in [6, 6.07) is 10.7. The van der Waals surface area contributed by atoms with Gasteiger partial charge in [0.25, 0.3) is 0 Å². The van der Waals surface area contributed by atoms with Gasteiger partial charge in [-0.3, -0.25) is 9.59 Å². The first-order chi connectivity index (χ1) is 19.2. The molecule has 40 heavy (non-hydrogen) atoms. The van der Waals surface area contributed by atoms with Gasteiger partial charge in [-0.1, -0.05) is 30.1 Å². The lowest BCUT2D eigenvalue weighted by atomic mass is 9.88. The number of rotatable bonds is 7. The number of thiophene rings is 1. The number of hydrogen-bond acceptors (Lipinski definition) is 8. The molecule has 1 unspecified atom stereocenters. The van der Waals surface area contributed by atoms with Crippen molar-refractivity contribution in [1.29, 1.82) is 0 Å². The molecule has 208 valence electrons. The zero-order chi connectivity index (χ0) is 28.8. The molecule has 2 aromatic carbocycles. The first-order valence-corrected chi connectivity index (χ1v) is 14.0. The van der Waals surface area contributed by atoms with Gasteiger partial charge in [-0.2, -0.15) is 5.10 Å². The molecule has 0 fully saturated rings. The highest BCUT2D eigenvalue weighted by atomic mass is 35.5. The first kappa shape index (κ1) is 29.3. The minimum Gasteiger partial charge on any atom is -0.462 e. The molecular formula is C28H25Cl2N3O6S. The van der Waals surface area contributed by atoms with E-state index in [0.29, 0.717) is 33.5 Å². The van der Waals surface area contributed by atoms with Crippen LogP contribution in [0.2, 0.25) is 10.0 Å². The highest BCUT2D eigenvalue weighted by molar-refractivity contribution is 7.17. The molecule has 0 saturated carbocycles. The Morgan fingerprint density at radius 1 is 1.07 bits per heavy atom. The van der Waals surface area contributed by atoms with Gasteiger partial charge in [0.05, 0.1) is 29.0 Å². The van der Waals surface area contributed by atoms with Crippen LogP contribution in [0, 0.1) is 5.92 Å². The van der Waals surface area contributed by atoms with Crippen molar-refractivity contribution in [2.24, 2.45) is 11.0 Å². The van der Waals surface area contributed by atoms with Crippen LogP contribution >= 0.6 is 34.5 Å². The maximum Gasteiger partial charge on any atom is 0.345 e. The van der Waals surface area contributed by atoms with E-state index in [4.69, 9.17) is 32.7 Å². The fraction of sp³-hybridized carbons (Fsp3) is 0.250. The van der Waals surface area contributed by atoms with E-state index in [9.17, 15) is 19.2 Å². The van der Waals surface area contributed by atoms with Crippen LogP contribution in [0.1, 0.15) is 57.0 Å². The van der Waals surface area contributed by atoms with Crippen molar-refractivity contribution in [2.75, 3.05) is 11.9 Å². The van der Waals surface area contributed by atoms with Gasteiger partial charge in [0.1, 0.15) is 10.8 Å². The average molecular weight is 602 g/mol. The van der Waals surface area contributed by atoms with Crippen LogP contribution in [0.5, 0.6) is 5.75 Å². The van der Waals surface area contributed by atoms with Gasteiger partial charge >= 0.3 is 23.8 Å². The van der Waals surface area contributed by atoms with Gasteiger partial charge in [0.2, 0.25) is 0 Å². The van der Waals surface area contributed by atoms with Crippen LogP contribution in [-0.4, -0.2) is 36.6 Å². The molecule has 0 bridgehead atoms. The summed E-state index contributed by atoms with van der Waals surface area (Å²) >= 11 is 13.2. The molecule has 1 atom stereocenters. The number of hydrazone groups is 1. The largest absolute Gasteiger partial charge is 0.462 e. The number of hydrogen-bond donors (Lipinski definition) is 2. The second kappa shape index (κ2) is 13.1. The molecule has 0 radical (unpaired) electrons. The van der Waals surface area contributed by atoms with Crippen molar-refractivity contribution in [1.82, 2.24) is 5.43 Å². The van der Waals surface area contributed by atoms with E-state index in [-0.39, 0.29) is 22.9 Å². The molecule has 1 aliphatic carbocycles. The molecule has 1 aromatic heterocycles. The third kappa shape index (κ3) is 7.07. The highest BCUT2D eigenvalue weighted by Crippen LogP contribution is 2.40. The Kier molecular flexibility index (Phi) is 9.57. The minimum absolute atomic E-state index is 0.171. The standard InChI is InChI=1S/C28H25Cl2N3O6S/c1-3-38-28(37)23-20-10-4-15(2)12-22(20)40-26(23)32-24(34)25(35)33-31-14-16-5-8-18(9-6-16)39-27(36)19-11-7-17(29)13-21(19)30/h5-9,11,13-15H,3-4,10,12H2,1-2H3,(H,32,34)(H,33,35). The van der Waals surface area contributed by atoms with E-state index in [2.05, 4.69) is 22.8 Å². The average Bonchev–Trinajstić information content (AvgIpc) is 3.26. The number of halogens is 2. The van der Waals surface area contributed by atoms with Gasteiger partial charge in [0.15, 0.2) is 0 Å². The van der Waals surface area contributed by atoms with Crippen LogP contribution in [0.4, 0.5) is 5.00 Å². The number of anilines is 1. The summed E-state index contributed by atoms with van der Waals surface area (Å²) in [5.41, 5.74) is 4.10. The molecule has 1 heterocycles. The SMILES string of the molecule is CCOC(=O)c1c(NC(=O)C(=O)NN=Cc2ccc(OC(=O)c3ccc(Cl)cc3Cl)cc2)sc2c1CCC(C)C2. The van der Waals surface area contributed by atoms with Crippen LogP contribution in [0.15, 0.2) is 47.6 Å². The smallest absolute Gasteiger partial charge is 0.345 e. The Labute approximate surface area is 244 Å². The molecule has 0 saturated heterocycles. The summed E-state index contributed by atoms with van der Waals surface area (Å²) < 4.78 is 10.5. The van der Waals surface area contributed by atoms with Crippen molar-refractivity contribution in [2.45, 2.75) is 33.1 Å². The molecule has 0 spiro atoms. The topological polar surface area (TPSA) is 123 Å². The maximum absolute atomic E-state index is 12.6. The number of carbonyl (C=O) groups excluding carboxylic acids is 4. The van der Waals surface area contributed by atoms with Gasteiger partial charge in [0, 0.05) is 9.90 Å². The van der Waals surface area contributed by atoms with E-state index in [1.165, 1.54) is 47.9 Å². The van der Waals surface area contributed by atoms with Gasteiger partial charge in [-0.25, -0.2) is 15.0 Å². The summed E-state index contributed by atoms with van der Waals surface area (Å²) in [6.07, 6.45) is 3.76.